The molecule has 2 aliphatic rings. The van der Waals surface area contributed by atoms with Gasteiger partial charge in [-0.1, -0.05) is 59.6 Å². The van der Waals surface area contributed by atoms with Gasteiger partial charge in [0, 0.05) is 19.4 Å². The number of ketones is 1. The normalized spacial score (nSPS) is 18.6. The van der Waals surface area contributed by atoms with Gasteiger partial charge in [0.2, 0.25) is 17.7 Å². The van der Waals surface area contributed by atoms with Crippen LogP contribution in [-0.2, 0) is 39.9 Å². The number of nitrogens with zero attached hydrogens (tertiary/aromatic N) is 2. The molecule has 2 fully saturated rings. The van der Waals surface area contributed by atoms with Crippen LogP contribution in [0.15, 0.2) is 48.5 Å². The maximum atomic E-state index is 13.7. The Labute approximate surface area is 274 Å². The van der Waals surface area contributed by atoms with Crippen molar-refractivity contribution in [1.29, 1.82) is 0 Å². The molecule has 0 bridgehead atoms. The Bertz CT molecular complexity index is 1500. The van der Waals surface area contributed by atoms with Crippen molar-refractivity contribution in [2.45, 2.75) is 63.1 Å². The summed E-state index contributed by atoms with van der Waals surface area (Å²) >= 11 is 12.0. The monoisotopic (exact) mass is 674 g/mol. The highest BCUT2D eigenvalue weighted by atomic mass is 35.5. The average Bonchev–Trinajstić information content (AvgIpc) is 3.14. The Kier molecular flexibility index (Phi) is 11.7. The number of aliphatic carboxylic acids is 1. The average molecular weight is 676 g/mol. The van der Waals surface area contributed by atoms with Crippen molar-refractivity contribution < 1.29 is 43.4 Å². The first-order valence-electron chi connectivity index (χ1n) is 14.6. The molecule has 2 aliphatic heterocycles. The number of hydrogen-bond donors (Lipinski definition) is 3. The second-order valence-corrected chi connectivity index (χ2v) is 11.6. The van der Waals surface area contributed by atoms with Gasteiger partial charge in [-0.25, -0.2) is 9.80 Å². The number of carbonyl (C=O) groups excluding carboxylic acids is 6. The van der Waals surface area contributed by atoms with Gasteiger partial charge in [-0.3, -0.25) is 33.8 Å². The van der Waals surface area contributed by atoms with E-state index in [1.165, 1.54) is 18.2 Å². The van der Waals surface area contributed by atoms with Gasteiger partial charge in [0.05, 0.1) is 22.0 Å². The summed E-state index contributed by atoms with van der Waals surface area (Å²) in [5.74, 6) is -5.79. The van der Waals surface area contributed by atoms with Crippen LogP contribution in [0.1, 0.15) is 54.4 Å². The number of rotatable bonds is 12. The summed E-state index contributed by atoms with van der Waals surface area (Å²) in [6.07, 6.45) is 0.102. The summed E-state index contributed by atoms with van der Waals surface area (Å²) in [4.78, 5) is 90.1. The third kappa shape index (κ3) is 8.61. The highest BCUT2D eigenvalue weighted by Gasteiger charge is 2.45. The molecule has 0 aliphatic carbocycles. The highest BCUT2D eigenvalue weighted by molar-refractivity contribution is 6.39. The molecular formula is C31H32Cl2N4O9. The summed E-state index contributed by atoms with van der Waals surface area (Å²) in [7, 11) is 0. The number of esters is 1. The van der Waals surface area contributed by atoms with Gasteiger partial charge in [-0.2, -0.15) is 0 Å². The van der Waals surface area contributed by atoms with Crippen LogP contribution in [0, 0.1) is 0 Å². The van der Waals surface area contributed by atoms with Gasteiger partial charge in [-0.05, 0) is 43.4 Å². The Balaban J connectivity index is 1.44. The van der Waals surface area contributed by atoms with E-state index in [2.05, 4.69) is 10.6 Å². The molecule has 2 aromatic carbocycles. The Morgan fingerprint density at radius 1 is 0.978 bits per heavy atom. The van der Waals surface area contributed by atoms with Crippen molar-refractivity contribution in [3.05, 3.63) is 69.7 Å². The molecule has 2 aromatic rings. The summed E-state index contributed by atoms with van der Waals surface area (Å²) < 4.78 is 5.01. The zero-order valence-electron chi connectivity index (χ0n) is 24.6. The smallest absolute Gasteiger partial charge is 0.341 e. The van der Waals surface area contributed by atoms with Crippen molar-refractivity contribution >= 4 is 64.6 Å². The van der Waals surface area contributed by atoms with Gasteiger partial charge >= 0.3 is 11.9 Å². The van der Waals surface area contributed by atoms with E-state index in [0.717, 1.165) is 15.6 Å². The first-order valence-corrected chi connectivity index (χ1v) is 15.3. The van der Waals surface area contributed by atoms with Gasteiger partial charge in [-0.15, -0.1) is 0 Å². The van der Waals surface area contributed by atoms with Gasteiger partial charge in [0.1, 0.15) is 18.1 Å². The lowest BCUT2D eigenvalue weighted by Gasteiger charge is -2.43. The lowest BCUT2D eigenvalue weighted by atomic mass is 10.0. The van der Waals surface area contributed by atoms with Crippen molar-refractivity contribution in [3.8, 4) is 0 Å². The third-order valence-electron chi connectivity index (χ3n) is 7.58. The van der Waals surface area contributed by atoms with Gasteiger partial charge in [0.15, 0.2) is 12.4 Å². The Morgan fingerprint density at radius 3 is 2.35 bits per heavy atom. The minimum Gasteiger partial charge on any atom is -0.481 e. The predicted octanol–water partition coefficient (Wildman–Crippen LogP) is 2.32. The number of halogens is 2. The second kappa shape index (κ2) is 15.7. The standard InChI is InChI=1S/C31H32Cl2N4O9/c32-19-8-4-9-20(33)28(19)31(45)46-17-24(38)22(16-27(41)42)35-29(43)23-10-5-15-36-26(40)14-12-21(30(44)37(23)36)34-25(39)13-11-18-6-2-1-3-7-18/h1-4,6-9,21-23H,5,10-17H2,(H,34,39)(H,35,43)(H,41,42). The number of benzene rings is 2. The zero-order chi connectivity index (χ0) is 33.4. The summed E-state index contributed by atoms with van der Waals surface area (Å²) in [5.41, 5.74) is 0.748. The quantitative estimate of drug-likeness (QED) is 0.285. The van der Waals surface area contributed by atoms with E-state index in [9.17, 15) is 38.7 Å². The van der Waals surface area contributed by atoms with E-state index >= 15 is 0 Å². The Hall–Kier alpha value is -4.49. The highest BCUT2D eigenvalue weighted by Crippen LogP contribution is 2.26. The summed E-state index contributed by atoms with van der Waals surface area (Å²) in [6, 6.07) is 9.59. The number of carbonyl (C=O) groups is 7. The zero-order valence-corrected chi connectivity index (χ0v) is 26.1. The minimum absolute atomic E-state index is 0.0236. The van der Waals surface area contributed by atoms with E-state index in [-0.39, 0.29) is 47.8 Å². The number of nitrogens with one attached hydrogen (secondary N) is 2. The maximum absolute atomic E-state index is 13.7. The van der Waals surface area contributed by atoms with Crippen LogP contribution < -0.4 is 10.6 Å². The molecule has 2 heterocycles. The fourth-order valence-electron chi connectivity index (χ4n) is 5.27. The lowest BCUT2D eigenvalue weighted by Crippen LogP contribution is -2.64. The molecule has 0 radical (unpaired) electrons. The van der Waals surface area contributed by atoms with Crippen molar-refractivity contribution in [2.75, 3.05) is 13.2 Å². The largest absolute Gasteiger partial charge is 0.481 e. The van der Waals surface area contributed by atoms with Crippen LogP contribution in [-0.4, -0.2) is 87.8 Å². The van der Waals surface area contributed by atoms with E-state index in [1.54, 1.807) is 0 Å². The molecule has 4 amide bonds. The fourth-order valence-corrected chi connectivity index (χ4v) is 5.82. The van der Waals surface area contributed by atoms with E-state index in [0.29, 0.717) is 12.8 Å². The fraction of sp³-hybridized carbons (Fsp3) is 0.387. The van der Waals surface area contributed by atoms with E-state index in [4.69, 9.17) is 27.9 Å². The number of ether oxygens (including phenoxy) is 1. The molecule has 46 heavy (non-hydrogen) atoms. The Morgan fingerprint density at radius 2 is 1.67 bits per heavy atom. The predicted molar refractivity (Wildman–Crippen MR) is 163 cm³/mol. The van der Waals surface area contributed by atoms with E-state index < -0.39 is 72.5 Å². The van der Waals surface area contributed by atoms with Crippen molar-refractivity contribution in [2.24, 2.45) is 0 Å². The first-order chi connectivity index (χ1) is 22.0. The second-order valence-electron chi connectivity index (χ2n) is 10.8. The molecule has 0 spiro atoms. The lowest BCUT2D eigenvalue weighted by molar-refractivity contribution is -0.176. The van der Waals surface area contributed by atoms with Gasteiger partial charge in [0.25, 0.3) is 5.91 Å². The van der Waals surface area contributed by atoms with Crippen LogP contribution in [0.25, 0.3) is 0 Å². The molecule has 3 N–H and O–H groups in total. The SMILES string of the molecule is O=C(O)CC(NC(=O)C1CCCN2C(=O)CCC(NC(=O)CCc3ccccc3)C(=O)N12)C(=O)COC(=O)c1c(Cl)cccc1Cl. The summed E-state index contributed by atoms with van der Waals surface area (Å²) in [6.45, 7) is -0.755. The number of fused-ring (bicyclic) bond motifs is 1. The molecule has 4 rings (SSSR count). The molecule has 13 nitrogen and oxygen atoms in total. The maximum Gasteiger partial charge on any atom is 0.341 e. The molecule has 3 atom stereocenters. The molecular weight excluding hydrogens is 643 g/mol. The van der Waals surface area contributed by atoms with Gasteiger partial charge < -0.3 is 20.5 Å². The number of Topliss-reactive ketones (excluding diaryl/α,β-unsaturated/α-hetero) is 1. The molecule has 0 aromatic heterocycles. The molecule has 244 valence electrons. The topological polar surface area (TPSA) is 179 Å². The number of carboxylic acids is 1. The van der Waals surface area contributed by atoms with Crippen LogP contribution in [0.3, 0.4) is 0 Å². The van der Waals surface area contributed by atoms with Crippen molar-refractivity contribution in [1.82, 2.24) is 20.7 Å². The van der Waals surface area contributed by atoms with Crippen molar-refractivity contribution in [3.63, 3.8) is 0 Å². The first kappa shape index (κ1) is 34.4. The number of carboxylic acid groups (broad SMARTS) is 1. The number of hydrogen-bond acceptors (Lipinski definition) is 8. The molecule has 0 saturated carbocycles. The molecule has 15 heteroatoms. The number of aryl methyl sites for hydroxylation is 1. The number of hydrazine groups is 1. The van der Waals surface area contributed by atoms with Crippen LogP contribution in [0.5, 0.6) is 0 Å². The number of amides is 4. The van der Waals surface area contributed by atoms with Crippen LogP contribution in [0.2, 0.25) is 10.0 Å². The summed E-state index contributed by atoms with van der Waals surface area (Å²) in [5, 5.41) is 16.6. The van der Waals surface area contributed by atoms with Crippen LogP contribution >= 0.6 is 23.2 Å². The molecule has 2 saturated heterocycles. The molecule has 3 unspecified atom stereocenters. The third-order valence-corrected chi connectivity index (χ3v) is 8.21. The van der Waals surface area contributed by atoms with E-state index in [1.807, 2.05) is 30.3 Å². The minimum atomic E-state index is -1.64. The van der Waals surface area contributed by atoms with Crippen LogP contribution in [0.4, 0.5) is 0 Å².